The molecule has 5 heteroatoms. The lowest BCUT2D eigenvalue weighted by Gasteiger charge is -2.19. The molecule has 0 bridgehead atoms. The molecule has 2 aromatic rings. The zero-order valence-corrected chi connectivity index (χ0v) is 12.5. The van der Waals surface area contributed by atoms with E-state index < -0.39 is 0 Å². The Bertz CT molecular complexity index is 583. The molecule has 0 saturated carbocycles. The van der Waals surface area contributed by atoms with Gasteiger partial charge in [0, 0.05) is 37.8 Å². The van der Waals surface area contributed by atoms with E-state index in [1.807, 2.05) is 30.3 Å². The summed E-state index contributed by atoms with van der Waals surface area (Å²) in [6, 6.07) is 14.2. The number of nitrogens with zero attached hydrogens (tertiary/aromatic N) is 1. The Hall–Kier alpha value is -2.43. The van der Waals surface area contributed by atoms with Gasteiger partial charge in [-0.3, -0.25) is 0 Å². The number of carbonyl (C=O) groups is 1. The van der Waals surface area contributed by atoms with Crippen LogP contribution in [0.5, 0.6) is 0 Å². The van der Waals surface area contributed by atoms with Crippen molar-refractivity contribution in [2.75, 3.05) is 24.5 Å². The molecule has 2 heterocycles. The van der Waals surface area contributed by atoms with Crippen molar-refractivity contribution in [2.24, 2.45) is 0 Å². The van der Waals surface area contributed by atoms with Crippen molar-refractivity contribution in [1.29, 1.82) is 0 Å². The van der Waals surface area contributed by atoms with E-state index in [0.29, 0.717) is 13.0 Å². The number of benzene rings is 1. The smallest absolute Gasteiger partial charge is 0.315 e. The van der Waals surface area contributed by atoms with Gasteiger partial charge in [0.15, 0.2) is 0 Å². The number of nitrogens with one attached hydrogen (secondary N) is 2. The van der Waals surface area contributed by atoms with Crippen LogP contribution in [0.1, 0.15) is 12.2 Å². The van der Waals surface area contributed by atoms with E-state index in [-0.39, 0.29) is 12.1 Å². The first-order valence-corrected chi connectivity index (χ1v) is 7.68. The topological polar surface area (TPSA) is 57.5 Å². The molecular formula is C17H21N3O2. The van der Waals surface area contributed by atoms with Crippen LogP contribution in [0.15, 0.2) is 53.1 Å². The number of amides is 2. The van der Waals surface area contributed by atoms with Gasteiger partial charge >= 0.3 is 6.03 Å². The Kier molecular flexibility index (Phi) is 4.63. The molecule has 3 rings (SSSR count). The Balaban J connectivity index is 1.39. The minimum Gasteiger partial charge on any atom is -0.469 e. The summed E-state index contributed by atoms with van der Waals surface area (Å²) in [6.07, 6.45) is 3.33. The fourth-order valence-corrected chi connectivity index (χ4v) is 2.74. The van der Waals surface area contributed by atoms with Crippen molar-refractivity contribution in [3.63, 3.8) is 0 Å². The van der Waals surface area contributed by atoms with Gasteiger partial charge in [-0.15, -0.1) is 0 Å². The Morgan fingerprint density at radius 1 is 1.23 bits per heavy atom. The maximum Gasteiger partial charge on any atom is 0.315 e. The van der Waals surface area contributed by atoms with Crippen LogP contribution >= 0.6 is 0 Å². The van der Waals surface area contributed by atoms with Crippen molar-refractivity contribution in [2.45, 2.75) is 18.9 Å². The van der Waals surface area contributed by atoms with Crippen molar-refractivity contribution in [3.8, 4) is 0 Å². The number of para-hydroxylation sites is 1. The van der Waals surface area contributed by atoms with Gasteiger partial charge in [0.1, 0.15) is 5.76 Å². The second-order valence-corrected chi connectivity index (χ2v) is 5.50. The van der Waals surface area contributed by atoms with E-state index >= 15 is 0 Å². The lowest BCUT2D eigenvalue weighted by Crippen LogP contribution is -2.43. The summed E-state index contributed by atoms with van der Waals surface area (Å²) >= 11 is 0. The predicted molar refractivity (Wildman–Crippen MR) is 86.0 cm³/mol. The van der Waals surface area contributed by atoms with E-state index in [4.69, 9.17) is 4.42 Å². The fourth-order valence-electron chi connectivity index (χ4n) is 2.74. The first kappa shape index (κ1) is 14.5. The molecule has 1 aromatic heterocycles. The van der Waals surface area contributed by atoms with Gasteiger partial charge in [0.2, 0.25) is 0 Å². The summed E-state index contributed by atoms with van der Waals surface area (Å²) in [7, 11) is 0. The summed E-state index contributed by atoms with van der Waals surface area (Å²) in [4.78, 5) is 14.2. The van der Waals surface area contributed by atoms with E-state index in [9.17, 15) is 4.79 Å². The summed E-state index contributed by atoms with van der Waals surface area (Å²) in [5.41, 5.74) is 1.21. The average molecular weight is 299 g/mol. The average Bonchev–Trinajstić information content (AvgIpc) is 3.20. The molecule has 1 aromatic carbocycles. The van der Waals surface area contributed by atoms with Gasteiger partial charge < -0.3 is 20.0 Å². The van der Waals surface area contributed by atoms with Crippen LogP contribution in [-0.4, -0.2) is 31.7 Å². The molecule has 2 amide bonds. The minimum absolute atomic E-state index is 0.105. The van der Waals surface area contributed by atoms with Crippen molar-refractivity contribution < 1.29 is 9.21 Å². The van der Waals surface area contributed by atoms with Crippen LogP contribution in [0.2, 0.25) is 0 Å². The molecule has 1 aliphatic heterocycles. The number of anilines is 1. The van der Waals surface area contributed by atoms with E-state index in [1.54, 1.807) is 6.26 Å². The molecule has 5 nitrogen and oxygen atoms in total. The molecule has 1 atom stereocenters. The monoisotopic (exact) mass is 299 g/mol. The van der Waals surface area contributed by atoms with Gasteiger partial charge in [-0.05, 0) is 30.7 Å². The van der Waals surface area contributed by atoms with Crippen LogP contribution in [0.3, 0.4) is 0 Å². The zero-order chi connectivity index (χ0) is 15.2. The van der Waals surface area contributed by atoms with Crippen LogP contribution in [0.4, 0.5) is 10.5 Å². The Morgan fingerprint density at radius 3 is 2.86 bits per heavy atom. The molecule has 0 spiro atoms. The fraction of sp³-hybridized carbons (Fsp3) is 0.353. The number of rotatable bonds is 5. The maximum atomic E-state index is 11.9. The third-order valence-electron chi connectivity index (χ3n) is 3.88. The summed E-state index contributed by atoms with van der Waals surface area (Å²) in [5, 5.41) is 5.91. The van der Waals surface area contributed by atoms with E-state index in [2.05, 4.69) is 27.7 Å². The second-order valence-electron chi connectivity index (χ2n) is 5.50. The standard InChI is InChI=1S/C17H21N3O2/c21-17(18-10-8-16-7-4-12-22-16)19-14-9-11-20(13-14)15-5-2-1-3-6-15/h1-7,12,14H,8-11,13H2,(H2,18,19,21)/t14-/m1/s1. The molecule has 0 unspecified atom stereocenters. The Labute approximate surface area is 130 Å². The van der Waals surface area contributed by atoms with Crippen LogP contribution in [-0.2, 0) is 6.42 Å². The molecular weight excluding hydrogens is 278 g/mol. The van der Waals surface area contributed by atoms with Gasteiger partial charge in [0.05, 0.1) is 6.26 Å². The van der Waals surface area contributed by atoms with E-state index in [0.717, 1.165) is 25.3 Å². The first-order chi connectivity index (χ1) is 10.8. The lowest BCUT2D eigenvalue weighted by atomic mass is 10.3. The quantitative estimate of drug-likeness (QED) is 0.891. The molecule has 1 fully saturated rings. The number of urea groups is 1. The summed E-state index contributed by atoms with van der Waals surface area (Å²) in [6.45, 7) is 2.41. The SMILES string of the molecule is O=C(NCCc1ccco1)N[C@@H]1CCN(c2ccccc2)C1. The van der Waals surface area contributed by atoms with Gasteiger partial charge in [-0.25, -0.2) is 4.79 Å². The first-order valence-electron chi connectivity index (χ1n) is 7.68. The summed E-state index contributed by atoms with van der Waals surface area (Å²) < 4.78 is 5.23. The van der Waals surface area contributed by atoms with Crippen LogP contribution in [0.25, 0.3) is 0 Å². The molecule has 1 aliphatic rings. The number of hydrogen-bond donors (Lipinski definition) is 2. The number of carbonyl (C=O) groups excluding carboxylic acids is 1. The number of hydrogen-bond acceptors (Lipinski definition) is 3. The normalized spacial score (nSPS) is 17.5. The molecule has 0 radical (unpaired) electrons. The highest BCUT2D eigenvalue weighted by Gasteiger charge is 2.23. The minimum atomic E-state index is -0.105. The number of furan rings is 1. The molecule has 22 heavy (non-hydrogen) atoms. The highest BCUT2D eigenvalue weighted by Crippen LogP contribution is 2.19. The highest BCUT2D eigenvalue weighted by atomic mass is 16.3. The molecule has 116 valence electrons. The van der Waals surface area contributed by atoms with Crippen LogP contribution < -0.4 is 15.5 Å². The van der Waals surface area contributed by atoms with Crippen molar-refractivity contribution in [3.05, 3.63) is 54.5 Å². The lowest BCUT2D eigenvalue weighted by molar-refractivity contribution is 0.238. The second kappa shape index (κ2) is 7.02. The maximum absolute atomic E-state index is 11.9. The highest BCUT2D eigenvalue weighted by molar-refractivity contribution is 5.74. The molecule has 1 saturated heterocycles. The molecule has 0 aliphatic carbocycles. The van der Waals surface area contributed by atoms with Crippen molar-refractivity contribution in [1.82, 2.24) is 10.6 Å². The van der Waals surface area contributed by atoms with Gasteiger partial charge in [-0.2, -0.15) is 0 Å². The molecule has 2 N–H and O–H groups in total. The van der Waals surface area contributed by atoms with Crippen molar-refractivity contribution >= 4 is 11.7 Å². The van der Waals surface area contributed by atoms with Gasteiger partial charge in [-0.1, -0.05) is 18.2 Å². The Morgan fingerprint density at radius 2 is 2.09 bits per heavy atom. The third-order valence-corrected chi connectivity index (χ3v) is 3.88. The van der Waals surface area contributed by atoms with E-state index in [1.165, 1.54) is 5.69 Å². The van der Waals surface area contributed by atoms with Gasteiger partial charge in [0.25, 0.3) is 0 Å². The zero-order valence-electron chi connectivity index (χ0n) is 12.5. The summed E-state index contributed by atoms with van der Waals surface area (Å²) in [5.74, 6) is 0.886. The van der Waals surface area contributed by atoms with Crippen LogP contribution in [0, 0.1) is 0 Å². The third kappa shape index (κ3) is 3.81. The predicted octanol–water partition coefficient (Wildman–Crippen LogP) is 2.40. The largest absolute Gasteiger partial charge is 0.469 e.